The molecule has 0 aliphatic carbocycles. The fraction of sp³-hybridized carbons (Fsp3) is 0.567. The van der Waals surface area contributed by atoms with Gasteiger partial charge < -0.3 is 56.0 Å². The Labute approximate surface area is 553 Å². The van der Waals surface area contributed by atoms with Crippen LogP contribution in [0.5, 0.6) is 0 Å². The molecule has 520 valence electrons. The molecular weight excluding hydrogens is 1290 g/mol. The van der Waals surface area contributed by atoms with Crippen LogP contribution in [0.1, 0.15) is 148 Å². The van der Waals surface area contributed by atoms with Gasteiger partial charge in [0.05, 0.1) is 58.3 Å². The second-order valence-electron chi connectivity index (χ2n) is 22.5. The van der Waals surface area contributed by atoms with E-state index in [-0.39, 0.29) is 152 Å². The van der Waals surface area contributed by atoms with Crippen molar-refractivity contribution in [3.8, 4) is 0 Å². The standard InChI is InChI=1S/C60H93N10O19PS3/c1-59(2,3)90(4,79)87-38-10-6-5-8-32-62-52(72)15-11-16-56(76)68-60(42-84-39-29-53(73)63-33-9-7-14-51(71)45-21-27-50(28-22-45)91-89-88-61,43-85-40-30-54(74)64-34-12-36-66-57(77)46-17-23-48(24-18-46)69-92(80)81)44-86-41-31-55(75)65-35-13-37-67-58(78)47-19-25-49(26-20-47)70-93(82)83/h17-28,69-70H,5-16,29-44,61H2,1-4H3,(H,62,72)(H,63,73)(H,64,74)(H,65,75)(H,66,77)(H,67,78)(H,68,76)(H,80,81)(H,82,83). The molecule has 0 bridgehead atoms. The molecule has 3 aromatic carbocycles. The maximum absolute atomic E-state index is 13.8. The Morgan fingerprint density at radius 1 is 0.484 bits per heavy atom. The molecule has 0 radical (unpaired) electrons. The molecule has 0 spiro atoms. The Morgan fingerprint density at radius 3 is 1.32 bits per heavy atom. The van der Waals surface area contributed by atoms with Gasteiger partial charge in [0.2, 0.25) is 36.9 Å². The van der Waals surface area contributed by atoms with E-state index < -0.39 is 46.5 Å². The molecule has 0 fully saturated rings. The van der Waals surface area contributed by atoms with Gasteiger partial charge in [-0.2, -0.15) is 5.90 Å². The molecule has 3 aromatic rings. The molecule has 0 heterocycles. The predicted octanol–water partition coefficient (Wildman–Crippen LogP) is 5.60. The summed E-state index contributed by atoms with van der Waals surface area (Å²) in [5.41, 5.74) is 0.417. The number of carbonyl (C=O) groups is 8. The molecule has 0 aliphatic rings. The first-order valence-electron chi connectivity index (χ1n) is 30.6. The smallest absolute Gasteiger partial charge is 0.259 e. The second kappa shape index (κ2) is 46.0. The molecule has 13 N–H and O–H groups in total. The molecule has 3 rings (SSSR count). The van der Waals surface area contributed by atoms with Crippen molar-refractivity contribution < 1.29 is 88.5 Å². The Bertz CT molecular complexity index is 2780. The van der Waals surface area contributed by atoms with Crippen LogP contribution in [0.15, 0.2) is 77.7 Å². The summed E-state index contributed by atoms with van der Waals surface area (Å²) in [6.07, 6.45) is 5.02. The van der Waals surface area contributed by atoms with Crippen LogP contribution in [-0.4, -0.2) is 168 Å². The van der Waals surface area contributed by atoms with Gasteiger partial charge in [0.15, 0.2) is 5.78 Å². The number of ketones is 1. The second-order valence-corrected chi connectivity index (χ2v) is 28.0. The topological polar surface area (TPSA) is 418 Å². The minimum atomic E-state index is -2.75. The Kier molecular flexibility index (Phi) is 40.0. The Balaban J connectivity index is 1.61. The number of anilines is 2. The van der Waals surface area contributed by atoms with Gasteiger partial charge >= 0.3 is 0 Å². The van der Waals surface area contributed by atoms with E-state index >= 15 is 0 Å². The number of amides is 7. The third kappa shape index (κ3) is 36.8. The van der Waals surface area contributed by atoms with E-state index in [2.05, 4.69) is 56.0 Å². The largest absolute Gasteiger partial charge is 0.378 e. The van der Waals surface area contributed by atoms with Crippen molar-refractivity contribution >= 4 is 100 Å². The van der Waals surface area contributed by atoms with E-state index in [4.69, 9.17) is 33.7 Å². The van der Waals surface area contributed by atoms with Crippen LogP contribution < -0.4 is 52.6 Å². The Morgan fingerprint density at radius 2 is 0.882 bits per heavy atom. The maximum atomic E-state index is 13.8. The summed E-state index contributed by atoms with van der Waals surface area (Å²) in [4.78, 5) is 108. The van der Waals surface area contributed by atoms with E-state index in [0.717, 1.165) is 37.7 Å². The van der Waals surface area contributed by atoms with Crippen molar-refractivity contribution in [1.29, 1.82) is 0 Å². The van der Waals surface area contributed by atoms with Crippen LogP contribution in [0.2, 0.25) is 0 Å². The normalized spacial score (nSPS) is 13.2. The van der Waals surface area contributed by atoms with Crippen LogP contribution >= 0.6 is 19.4 Å². The van der Waals surface area contributed by atoms with Crippen LogP contribution in [0.25, 0.3) is 0 Å². The zero-order valence-corrected chi connectivity index (χ0v) is 56.7. The number of hydrogen-bond acceptors (Lipinski definition) is 19. The monoisotopic (exact) mass is 1380 g/mol. The minimum absolute atomic E-state index is 0.0476. The zero-order valence-electron chi connectivity index (χ0n) is 53.3. The molecular formula is C60H93N10O19PS3. The summed E-state index contributed by atoms with van der Waals surface area (Å²) in [6.45, 7) is 8.17. The number of carbonyl (C=O) groups excluding carboxylic acids is 8. The molecule has 0 aliphatic heterocycles. The van der Waals surface area contributed by atoms with E-state index in [1.54, 1.807) is 30.9 Å². The first-order valence-corrected chi connectivity index (χ1v) is 35.6. The Hall–Kier alpha value is -6.26. The van der Waals surface area contributed by atoms with Crippen molar-refractivity contribution in [2.24, 2.45) is 5.90 Å². The van der Waals surface area contributed by atoms with Gasteiger partial charge in [0, 0.05) is 123 Å². The van der Waals surface area contributed by atoms with Crippen molar-refractivity contribution in [2.75, 3.05) is 102 Å². The minimum Gasteiger partial charge on any atom is -0.378 e. The molecule has 0 saturated carbocycles. The lowest BCUT2D eigenvalue weighted by molar-refractivity contribution is -0.195. The first-order chi connectivity index (χ1) is 44.4. The van der Waals surface area contributed by atoms with Crippen LogP contribution in [0, 0.1) is 0 Å². The maximum Gasteiger partial charge on any atom is 0.259 e. The molecule has 3 unspecified atom stereocenters. The van der Waals surface area contributed by atoms with Gasteiger partial charge in [-0.05, 0) is 106 Å². The average molecular weight is 1390 g/mol. The summed E-state index contributed by atoms with van der Waals surface area (Å²) in [5.74, 6) is 2.25. The summed E-state index contributed by atoms with van der Waals surface area (Å²) in [7, 11) is -2.75. The number of benzene rings is 3. The van der Waals surface area contributed by atoms with Gasteiger partial charge in [-0.25, -0.2) is 8.42 Å². The van der Waals surface area contributed by atoms with Gasteiger partial charge in [-0.1, -0.05) is 45.7 Å². The molecule has 7 amide bonds. The number of unbranched alkanes of at least 4 members (excludes halogenated alkanes) is 4. The van der Waals surface area contributed by atoms with Crippen molar-refractivity contribution in [1.82, 2.24) is 37.2 Å². The average Bonchev–Trinajstić information content (AvgIpc) is 1.82. The summed E-state index contributed by atoms with van der Waals surface area (Å²) >= 11 is -3.64. The number of hydrogen-bond donors (Lipinski definition) is 12. The zero-order chi connectivity index (χ0) is 68.3. The van der Waals surface area contributed by atoms with E-state index in [0.29, 0.717) is 78.3 Å². The lowest BCUT2D eigenvalue weighted by Crippen LogP contribution is -2.58. The van der Waals surface area contributed by atoms with Crippen molar-refractivity contribution in [2.45, 2.75) is 133 Å². The van der Waals surface area contributed by atoms with Crippen LogP contribution in [0.3, 0.4) is 0 Å². The number of ether oxygens (including phenoxy) is 3. The molecule has 93 heavy (non-hydrogen) atoms. The number of rotatable bonds is 51. The number of nitrogens with one attached hydrogen (secondary N) is 9. The number of Topliss-reactive ketones (excluding diaryl/α,β-unsaturated/α-hetero) is 1. The molecule has 33 heteroatoms. The van der Waals surface area contributed by atoms with Gasteiger partial charge in [0.1, 0.15) is 5.54 Å². The highest BCUT2D eigenvalue weighted by Crippen LogP contribution is 2.55. The van der Waals surface area contributed by atoms with Crippen molar-refractivity contribution in [3.63, 3.8) is 0 Å². The highest BCUT2D eigenvalue weighted by atomic mass is 32.2. The number of nitrogens with two attached hydrogens (primary N) is 1. The summed E-state index contributed by atoms with van der Waals surface area (Å²) in [6, 6.07) is 18.6. The van der Waals surface area contributed by atoms with E-state index in [1.807, 2.05) is 20.8 Å². The quantitative estimate of drug-likeness (QED) is 0.00622. The lowest BCUT2D eigenvalue weighted by Gasteiger charge is -2.34. The SMILES string of the molecule is CC(C)(C)P(C)(=O)OCCCCCCNC(=O)CCCC(=O)NC(COCCC(=O)NCCCCC(=O)c1ccc(SOON)cc1)(COCCC(=O)NCCCNC(=O)c1ccc(NS(=O)O)cc1)COCCC(=O)NCCCNC(=O)c1ccc(NS(=O)O)cc1. The molecule has 29 nitrogen and oxygen atoms in total. The van der Waals surface area contributed by atoms with E-state index in [9.17, 15) is 51.3 Å². The summed E-state index contributed by atoms with van der Waals surface area (Å²) < 4.78 is 85.9. The lowest BCUT2D eigenvalue weighted by atomic mass is 10.0. The fourth-order valence-electron chi connectivity index (χ4n) is 8.25. The fourth-order valence-corrected chi connectivity index (χ4v) is 10.2. The summed E-state index contributed by atoms with van der Waals surface area (Å²) in [5, 5.41) is 19.3. The molecule has 0 saturated heterocycles. The van der Waals surface area contributed by atoms with E-state index in [1.165, 1.54) is 48.5 Å². The van der Waals surface area contributed by atoms with Crippen LogP contribution in [-0.2, 0) is 79.1 Å². The first kappa shape index (κ1) is 81.0. The van der Waals surface area contributed by atoms with Gasteiger partial charge in [0.25, 0.3) is 34.3 Å². The highest BCUT2D eigenvalue weighted by molar-refractivity contribution is 7.94. The molecule has 0 aromatic heterocycles. The third-order valence-corrected chi connectivity index (χ3v) is 18.4. The van der Waals surface area contributed by atoms with Crippen LogP contribution in [0.4, 0.5) is 11.4 Å². The third-order valence-electron chi connectivity index (χ3n) is 13.8. The highest BCUT2D eigenvalue weighted by Gasteiger charge is 2.35. The van der Waals surface area contributed by atoms with Crippen molar-refractivity contribution in [3.05, 3.63) is 89.5 Å². The van der Waals surface area contributed by atoms with Gasteiger partial charge in [-0.15, -0.1) is 9.32 Å². The molecule has 3 atom stereocenters. The predicted molar refractivity (Wildman–Crippen MR) is 353 cm³/mol. The van der Waals surface area contributed by atoms with Gasteiger partial charge in [-0.3, -0.25) is 61.5 Å².